The Balaban J connectivity index is 1.34. The Kier molecular flexibility index (Phi) is 10.3. The molecule has 0 radical (unpaired) electrons. The second-order valence-corrected chi connectivity index (χ2v) is 12.8. The summed E-state index contributed by atoms with van der Waals surface area (Å²) in [6.07, 6.45) is 3.87. The van der Waals surface area contributed by atoms with E-state index in [0.29, 0.717) is 22.5 Å². The number of carbonyl (C=O) groups is 2. The molecule has 1 fully saturated rings. The Morgan fingerprint density at radius 2 is 1.77 bits per heavy atom. The van der Waals surface area contributed by atoms with E-state index in [2.05, 4.69) is 25.5 Å². The molecule has 43 heavy (non-hydrogen) atoms. The van der Waals surface area contributed by atoms with Gasteiger partial charge in [-0.15, -0.1) is 0 Å². The molecule has 1 aliphatic heterocycles. The standard InChI is InChI=1S/C30H38N6O6S/c1-30(2,3)36(43(39,40)24-12-6-5-7-13-24)42-27(37)14-18-31-28(38)22-10-8-11-23(20-22)35-19-15-26(41-4)25(21-35)34-29-32-16-9-17-33-29/h5-13,16-17,20,25-26H,14-15,18-19,21H2,1-4H3,(H,31,38)(H,32,33,34)/t25-,26-/m1/s1. The lowest BCUT2D eigenvalue weighted by molar-refractivity contribution is -0.182. The molecule has 2 aromatic carbocycles. The first-order chi connectivity index (χ1) is 20.5. The van der Waals surface area contributed by atoms with Crippen molar-refractivity contribution in [1.82, 2.24) is 19.8 Å². The zero-order chi connectivity index (χ0) is 31.0. The maximum Gasteiger partial charge on any atom is 0.328 e. The third-order valence-electron chi connectivity index (χ3n) is 6.81. The van der Waals surface area contributed by atoms with E-state index in [1.807, 2.05) is 6.07 Å². The molecule has 2 N–H and O–H groups in total. The van der Waals surface area contributed by atoms with Gasteiger partial charge in [0.15, 0.2) is 0 Å². The normalized spacial score (nSPS) is 17.4. The van der Waals surface area contributed by atoms with Crippen LogP contribution in [-0.4, -0.2) is 79.2 Å². The minimum absolute atomic E-state index is 0.00727. The molecule has 1 aliphatic rings. The number of piperidine rings is 1. The molecule has 0 aliphatic carbocycles. The monoisotopic (exact) mass is 610 g/mol. The Morgan fingerprint density at radius 1 is 1.05 bits per heavy atom. The van der Waals surface area contributed by atoms with Gasteiger partial charge in [-0.05, 0) is 68.1 Å². The van der Waals surface area contributed by atoms with Gasteiger partial charge in [-0.25, -0.2) is 18.4 Å². The fourth-order valence-electron chi connectivity index (χ4n) is 4.72. The predicted octanol–water partition coefficient (Wildman–Crippen LogP) is 3.25. The van der Waals surface area contributed by atoms with Gasteiger partial charge in [0.2, 0.25) is 5.95 Å². The molecule has 230 valence electrons. The lowest BCUT2D eigenvalue weighted by atomic mass is 10.0. The molecule has 4 rings (SSSR count). The van der Waals surface area contributed by atoms with Crippen LogP contribution >= 0.6 is 0 Å². The van der Waals surface area contributed by atoms with E-state index in [4.69, 9.17) is 9.57 Å². The highest BCUT2D eigenvalue weighted by Gasteiger charge is 2.38. The summed E-state index contributed by atoms with van der Waals surface area (Å²) < 4.78 is 32.7. The summed E-state index contributed by atoms with van der Waals surface area (Å²) in [4.78, 5) is 41.6. The molecule has 2 atom stereocenters. The molecule has 0 unspecified atom stereocenters. The van der Waals surface area contributed by atoms with E-state index in [-0.39, 0.29) is 35.9 Å². The van der Waals surface area contributed by atoms with Crippen molar-refractivity contribution in [2.24, 2.45) is 0 Å². The van der Waals surface area contributed by atoms with Gasteiger partial charge in [-0.3, -0.25) is 9.59 Å². The first kappa shape index (κ1) is 31.9. The number of aromatic nitrogens is 2. The average molecular weight is 611 g/mol. The Bertz CT molecular complexity index is 1480. The first-order valence-corrected chi connectivity index (χ1v) is 15.4. The lowest BCUT2D eigenvalue weighted by Gasteiger charge is -2.39. The van der Waals surface area contributed by atoms with Gasteiger partial charge < -0.3 is 25.1 Å². The number of ether oxygens (including phenoxy) is 1. The average Bonchev–Trinajstić information content (AvgIpc) is 3.00. The third kappa shape index (κ3) is 8.27. The summed E-state index contributed by atoms with van der Waals surface area (Å²) in [5.74, 6) is -0.629. The van der Waals surface area contributed by atoms with Crippen LogP contribution in [0, 0.1) is 0 Å². The van der Waals surface area contributed by atoms with E-state index in [9.17, 15) is 18.0 Å². The maximum atomic E-state index is 13.1. The van der Waals surface area contributed by atoms with Crippen molar-refractivity contribution in [3.63, 3.8) is 0 Å². The van der Waals surface area contributed by atoms with Gasteiger partial charge in [0, 0.05) is 50.4 Å². The SMILES string of the molecule is CO[C@@H]1CCN(c2cccc(C(=O)NCCC(=O)ON(C(C)(C)C)S(=O)(=O)c3ccccc3)c2)C[C@H]1Nc1ncccn1. The fraction of sp³-hybridized carbons (Fsp3) is 0.400. The molecule has 1 aromatic heterocycles. The zero-order valence-corrected chi connectivity index (χ0v) is 25.6. The van der Waals surface area contributed by atoms with Crippen molar-refractivity contribution in [3.8, 4) is 0 Å². The van der Waals surface area contributed by atoms with E-state index >= 15 is 0 Å². The van der Waals surface area contributed by atoms with E-state index in [0.717, 1.165) is 18.7 Å². The number of nitrogens with zero attached hydrogens (tertiary/aromatic N) is 4. The number of rotatable bonds is 11. The van der Waals surface area contributed by atoms with Crippen LogP contribution in [-0.2, 0) is 24.4 Å². The second kappa shape index (κ2) is 13.9. The maximum absolute atomic E-state index is 13.1. The van der Waals surface area contributed by atoms with Gasteiger partial charge in [-0.2, -0.15) is 0 Å². The van der Waals surface area contributed by atoms with Crippen LogP contribution in [0.15, 0.2) is 78.0 Å². The summed E-state index contributed by atoms with van der Waals surface area (Å²) in [5, 5.41) is 6.07. The van der Waals surface area contributed by atoms with Crippen LogP contribution in [0.4, 0.5) is 11.6 Å². The van der Waals surface area contributed by atoms with Gasteiger partial charge in [0.25, 0.3) is 15.9 Å². The number of amides is 1. The van der Waals surface area contributed by atoms with E-state index in [1.165, 1.54) is 12.1 Å². The minimum Gasteiger partial charge on any atom is -0.379 e. The van der Waals surface area contributed by atoms with Gasteiger partial charge >= 0.3 is 5.97 Å². The summed E-state index contributed by atoms with van der Waals surface area (Å²) in [6, 6.07) is 16.7. The number of benzene rings is 2. The zero-order valence-electron chi connectivity index (χ0n) is 24.8. The first-order valence-electron chi connectivity index (χ1n) is 14.0. The number of sulfonamides is 1. The summed E-state index contributed by atoms with van der Waals surface area (Å²) in [7, 11) is -2.42. The molecule has 0 spiro atoms. The highest BCUT2D eigenvalue weighted by atomic mass is 32.2. The molecule has 1 amide bonds. The molecule has 3 aromatic rings. The van der Waals surface area contributed by atoms with Crippen molar-refractivity contribution in [2.75, 3.05) is 37.0 Å². The quantitative estimate of drug-likeness (QED) is 0.311. The molecule has 0 saturated carbocycles. The number of hydrogen-bond donors (Lipinski definition) is 2. The van der Waals surface area contributed by atoms with E-state index < -0.39 is 21.5 Å². The fourth-order valence-corrected chi connectivity index (χ4v) is 6.32. The van der Waals surface area contributed by atoms with Gasteiger partial charge in [0.1, 0.15) is 0 Å². The Morgan fingerprint density at radius 3 is 2.44 bits per heavy atom. The van der Waals surface area contributed by atoms with E-state index in [1.54, 1.807) is 82.7 Å². The van der Waals surface area contributed by atoms with Crippen molar-refractivity contribution in [3.05, 3.63) is 78.6 Å². The Labute approximate surface area is 252 Å². The molecular formula is C30H38N6O6S. The third-order valence-corrected chi connectivity index (χ3v) is 8.74. The summed E-state index contributed by atoms with van der Waals surface area (Å²) in [6.45, 7) is 6.19. The molecule has 13 heteroatoms. The van der Waals surface area contributed by atoms with Crippen molar-refractivity contribution in [2.45, 2.75) is 56.2 Å². The van der Waals surface area contributed by atoms with Crippen LogP contribution in [0.3, 0.4) is 0 Å². The number of methoxy groups -OCH3 is 1. The molecule has 0 bridgehead atoms. The largest absolute Gasteiger partial charge is 0.379 e. The highest BCUT2D eigenvalue weighted by molar-refractivity contribution is 7.89. The van der Waals surface area contributed by atoms with Crippen molar-refractivity contribution in [1.29, 1.82) is 0 Å². The smallest absolute Gasteiger partial charge is 0.328 e. The second-order valence-electron chi connectivity index (χ2n) is 11.1. The molecule has 1 saturated heterocycles. The molecule has 12 nitrogen and oxygen atoms in total. The predicted molar refractivity (Wildman–Crippen MR) is 162 cm³/mol. The van der Waals surface area contributed by atoms with Crippen molar-refractivity contribution < 1.29 is 27.6 Å². The number of anilines is 2. The molecular weight excluding hydrogens is 572 g/mol. The lowest BCUT2D eigenvalue weighted by Crippen LogP contribution is -2.51. The minimum atomic E-state index is -4.10. The Hall–Kier alpha value is -4.07. The van der Waals surface area contributed by atoms with Gasteiger partial charge in [0.05, 0.1) is 29.0 Å². The van der Waals surface area contributed by atoms with Gasteiger partial charge in [-0.1, -0.05) is 24.3 Å². The number of hydroxylamine groups is 1. The van der Waals surface area contributed by atoms with Crippen LogP contribution in [0.25, 0.3) is 0 Å². The van der Waals surface area contributed by atoms with Crippen LogP contribution < -0.4 is 15.5 Å². The highest BCUT2D eigenvalue weighted by Crippen LogP contribution is 2.26. The van der Waals surface area contributed by atoms with Crippen LogP contribution in [0.5, 0.6) is 0 Å². The molecule has 2 heterocycles. The van der Waals surface area contributed by atoms with Crippen molar-refractivity contribution >= 4 is 33.5 Å². The number of hydrogen-bond acceptors (Lipinski definition) is 10. The summed E-state index contributed by atoms with van der Waals surface area (Å²) >= 11 is 0. The number of carbonyl (C=O) groups excluding carboxylic acids is 2. The van der Waals surface area contributed by atoms with Crippen LogP contribution in [0.2, 0.25) is 0 Å². The summed E-state index contributed by atoms with van der Waals surface area (Å²) in [5.41, 5.74) is 0.266. The topological polar surface area (TPSA) is 143 Å². The number of nitrogens with one attached hydrogen (secondary N) is 2. The van der Waals surface area contributed by atoms with Crippen LogP contribution in [0.1, 0.15) is 44.0 Å².